The van der Waals surface area contributed by atoms with Gasteiger partial charge < -0.3 is 9.84 Å². The van der Waals surface area contributed by atoms with Crippen LogP contribution < -0.4 is 4.74 Å². The van der Waals surface area contributed by atoms with Crippen molar-refractivity contribution in [3.63, 3.8) is 0 Å². The van der Waals surface area contributed by atoms with Gasteiger partial charge in [-0.3, -0.25) is 4.79 Å². The van der Waals surface area contributed by atoms with E-state index in [-0.39, 0.29) is 5.41 Å². The number of carboxylic acid groups (broad SMARTS) is 1. The highest BCUT2D eigenvalue weighted by molar-refractivity contribution is 6.30. The van der Waals surface area contributed by atoms with Crippen molar-refractivity contribution < 1.29 is 14.6 Å². The summed E-state index contributed by atoms with van der Waals surface area (Å²) in [6.45, 7) is 6.45. The van der Waals surface area contributed by atoms with Crippen LogP contribution in [0.3, 0.4) is 0 Å². The van der Waals surface area contributed by atoms with E-state index in [1.807, 2.05) is 0 Å². The molecule has 1 aromatic carbocycles. The average molecular weight is 297 g/mol. The van der Waals surface area contributed by atoms with Crippen LogP contribution >= 0.6 is 11.6 Å². The lowest BCUT2D eigenvalue weighted by atomic mass is 9.52. The van der Waals surface area contributed by atoms with E-state index >= 15 is 0 Å². The maximum Gasteiger partial charge on any atom is 0.314 e. The molecular formula is C16H21ClO3. The third-order valence-corrected chi connectivity index (χ3v) is 4.74. The van der Waals surface area contributed by atoms with Crippen molar-refractivity contribution in [3.05, 3.63) is 28.8 Å². The Morgan fingerprint density at radius 3 is 2.45 bits per heavy atom. The molecule has 4 heteroatoms. The van der Waals surface area contributed by atoms with E-state index in [9.17, 15) is 9.90 Å². The third-order valence-electron chi connectivity index (χ3n) is 4.50. The SMILES string of the molecule is COc1ccc(Cl)cc1C1(C(=O)O)CC(C(C)(C)C)C1. The summed E-state index contributed by atoms with van der Waals surface area (Å²) in [6.07, 6.45) is 1.26. The lowest BCUT2D eigenvalue weighted by molar-refractivity contribution is -0.152. The van der Waals surface area contributed by atoms with E-state index in [1.165, 1.54) is 0 Å². The number of halogens is 1. The zero-order valence-corrected chi connectivity index (χ0v) is 13.1. The molecular weight excluding hydrogens is 276 g/mol. The van der Waals surface area contributed by atoms with Crippen LogP contribution in [0.25, 0.3) is 0 Å². The van der Waals surface area contributed by atoms with E-state index < -0.39 is 11.4 Å². The second kappa shape index (κ2) is 4.96. The van der Waals surface area contributed by atoms with E-state index in [2.05, 4.69) is 20.8 Å². The molecule has 1 fully saturated rings. The van der Waals surface area contributed by atoms with Gasteiger partial charge in [0, 0.05) is 10.6 Å². The number of carboxylic acids is 1. The quantitative estimate of drug-likeness (QED) is 0.912. The molecule has 0 bridgehead atoms. The lowest BCUT2D eigenvalue weighted by Crippen LogP contribution is -2.51. The molecule has 0 amide bonds. The molecule has 0 aromatic heterocycles. The van der Waals surface area contributed by atoms with E-state index in [0.29, 0.717) is 35.1 Å². The molecule has 0 radical (unpaired) electrons. The summed E-state index contributed by atoms with van der Waals surface area (Å²) in [4.78, 5) is 11.9. The van der Waals surface area contributed by atoms with Gasteiger partial charge >= 0.3 is 5.97 Å². The number of rotatable bonds is 3. The molecule has 0 aliphatic heterocycles. The van der Waals surface area contributed by atoms with Gasteiger partial charge in [0.05, 0.1) is 12.5 Å². The van der Waals surface area contributed by atoms with Crippen molar-refractivity contribution in [3.8, 4) is 5.75 Å². The highest BCUT2D eigenvalue weighted by Gasteiger charge is 2.55. The molecule has 20 heavy (non-hydrogen) atoms. The molecule has 0 saturated heterocycles. The number of benzene rings is 1. The first kappa shape index (κ1) is 15.2. The summed E-state index contributed by atoms with van der Waals surface area (Å²) >= 11 is 6.04. The van der Waals surface area contributed by atoms with Gasteiger partial charge in [0.2, 0.25) is 0 Å². The standard InChI is InChI=1S/C16H21ClO3/c1-15(2,3)10-8-16(9-10,14(18)19)12-7-11(17)5-6-13(12)20-4/h5-7,10H,8-9H2,1-4H3,(H,18,19). The van der Waals surface area contributed by atoms with Gasteiger partial charge in [-0.2, -0.15) is 0 Å². The minimum atomic E-state index is -0.867. The van der Waals surface area contributed by atoms with Crippen LogP contribution in [-0.2, 0) is 10.2 Å². The summed E-state index contributed by atoms with van der Waals surface area (Å²) in [5, 5.41) is 10.3. The van der Waals surface area contributed by atoms with Crippen molar-refractivity contribution in [1.82, 2.24) is 0 Å². The first-order valence-corrected chi connectivity index (χ1v) is 7.16. The van der Waals surface area contributed by atoms with Crippen molar-refractivity contribution >= 4 is 17.6 Å². The fourth-order valence-corrected chi connectivity index (χ4v) is 3.13. The number of hydrogen-bond acceptors (Lipinski definition) is 2. The summed E-state index contributed by atoms with van der Waals surface area (Å²) in [6, 6.07) is 5.19. The zero-order valence-electron chi connectivity index (χ0n) is 12.4. The molecule has 3 nitrogen and oxygen atoms in total. The average Bonchev–Trinajstić information content (AvgIpc) is 2.25. The Hall–Kier alpha value is -1.22. The zero-order chi connectivity index (χ0) is 15.1. The second-order valence-electron chi connectivity index (χ2n) is 6.70. The molecule has 1 aliphatic rings. The van der Waals surface area contributed by atoms with E-state index in [4.69, 9.17) is 16.3 Å². The minimum Gasteiger partial charge on any atom is -0.496 e. The molecule has 1 saturated carbocycles. The fraction of sp³-hybridized carbons (Fsp3) is 0.562. The Bertz CT molecular complexity index is 525. The second-order valence-corrected chi connectivity index (χ2v) is 7.14. The maximum absolute atomic E-state index is 11.9. The van der Waals surface area contributed by atoms with Crippen LogP contribution in [0.1, 0.15) is 39.2 Å². The Morgan fingerprint density at radius 2 is 2.00 bits per heavy atom. The van der Waals surface area contributed by atoms with Gasteiger partial charge in [0.15, 0.2) is 0 Å². The van der Waals surface area contributed by atoms with Crippen LogP contribution in [0.4, 0.5) is 0 Å². The Balaban J connectivity index is 2.42. The Kier molecular flexibility index (Phi) is 3.76. The summed E-state index contributed by atoms with van der Waals surface area (Å²) in [5.74, 6) is 0.199. The smallest absolute Gasteiger partial charge is 0.314 e. The molecule has 0 atom stereocenters. The van der Waals surface area contributed by atoms with Crippen LogP contribution in [0.5, 0.6) is 5.75 Å². The van der Waals surface area contributed by atoms with Gasteiger partial charge in [0.25, 0.3) is 0 Å². The fourth-order valence-electron chi connectivity index (χ4n) is 2.96. The predicted octanol–water partition coefficient (Wildman–Crippen LogP) is 4.13. The van der Waals surface area contributed by atoms with Crippen LogP contribution in [0.15, 0.2) is 18.2 Å². The van der Waals surface area contributed by atoms with E-state index in [1.54, 1.807) is 25.3 Å². The monoisotopic (exact) mass is 296 g/mol. The van der Waals surface area contributed by atoms with Gasteiger partial charge in [-0.15, -0.1) is 0 Å². The third kappa shape index (κ3) is 2.39. The first-order valence-electron chi connectivity index (χ1n) is 6.78. The normalized spacial score (nSPS) is 25.9. The van der Waals surface area contributed by atoms with Crippen molar-refractivity contribution in [1.29, 1.82) is 0 Å². The maximum atomic E-state index is 11.9. The summed E-state index contributed by atoms with van der Waals surface area (Å²) in [5.41, 5.74) is -0.0561. The molecule has 0 spiro atoms. The minimum absolute atomic E-state index is 0.116. The van der Waals surface area contributed by atoms with Gasteiger partial charge in [-0.05, 0) is 42.4 Å². The van der Waals surface area contributed by atoms with E-state index in [0.717, 1.165) is 0 Å². The van der Waals surface area contributed by atoms with Crippen molar-refractivity contribution in [2.45, 2.75) is 39.0 Å². The van der Waals surface area contributed by atoms with Gasteiger partial charge in [-0.25, -0.2) is 0 Å². The highest BCUT2D eigenvalue weighted by atomic mass is 35.5. The van der Waals surface area contributed by atoms with Gasteiger partial charge in [0.1, 0.15) is 5.75 Å². The highest BCUT2D eigenvalue weighted by Crippen LogP contribution is 2.56. The number of methoxy groups -OCH3 is 1. The van der Waals surface area contributed by atoms with Crippen molar-refractivity contribution in [2.24, 2.45) is 11.3 Å². The Morgan fingerprint density at radius 1 is 1.40 bits per heavy atom. The summed E-state index contributed by atoms with van der Waals surface area (Å²) in [7, 11) is 1.56. The lowest BCUT2D eigenvalue weighted by Gasteiger charge is -2.50. The Labute approximate surface area is 124 Å². The number of aliphatic carboxylic acids is 1. The molecule has 1 N–H and O–H groups in total. The molecule has 0 unspecified atom stereocenters. The van der Waals surface area contributed by atoms with Crippen LogP contribution in [0.2, 0.25) is 5.02 Å². The molecule has 110 valence electrons. The molecule has 1 aliphatic carbocycles. The van der Waals surface area contributed by atoms with Crippen LogP contribution in [0, 0.1) is 11.3 Å². The topological polar surface area (TPSA) is 46.5 Å². The summed E-state index contributed by atoms with van der Waals surface area (Å²) < 4.78 is 5.33. The van der Waals surface area contributed by atoms with Crippen LogP contribution in [-0.4, -0.2) is 18.2 Å². The molecule has 2 rings (SSSR count). The first-order chi connectivity index (χ1) is 9.20. The largest absolute Gasteiger partial charge is 0.496 e. The number of hydrogen-bond donors (Lipinski definition) is 1. The van der Waals surface area contributed by atoms with Gasteiger partial charge in [-0.1, -0.05) is 32.4 Å². The number of carbonyl (C=O) groups is 1. The predicted molar refractivity (Wildman–Crippen MR) is 79.5 cm³/mol. The molecule has 0 heterocycles. The molecule has 1 aromatic rings. The number of ether oxygens (including phenoxy) is 1. The van der Waals surface area contributed by atoms with Crippen molar-refractivity contribution in [2.75, 3.05) is 7.11 Å².